The van der Waals surface area contributed by atoms with Crippen LogP contribution in [0.2, 0.25) is 0 Å². The molecule has 1 heterocycles. The number of rotatable bonds is 5. The molecule has 2 amide bonds. The van der Waals surface area contributed by atoms with Gasteiger partial charge in [0.1, 0.15) is 5.75 Å². The van der Waals surface area contributed by atoms with Gasteiger partial charge in [-0.05, 0) is 55.3 Å². The Morgan fingerprint density at radius 1 is 0.963 bits per heavy atom. The monoisotopic (exact) mass is 388 g/mol. The summed E-state index contributed by atoms with van der Waals surface area (Å²) in [5.41, 5.74) is 2.43. The number of benzene rings is 2. The smallest absolute Gasteiger partial charge is 0.261 e. The Balaban J connectivity index is 2.02. The number of nitrogens with zero attached hydrogens (tertiary/aromatic N) is 1. The van der Waals surface area contributed by atoms with Crippen molar-refractivity contribution in [2.75, 3.05) is 16.7 Å². The Bertz CT molecular complexity index is 994. The van der Waals surface area contributed by atoms with Gasteiger partial charge in [0.2, 0.25) is 11.8 Å². The second kappa shape index (κ2) is 7.03. The van der Waals surface area contributed by atoms with Crippen LogP contribution in [-0.4, -0.2) is 27.3 Å². The first-order chi connectivity index (χ1) is 12.7. The number of hydrogen-bond donors (Lipinski definition) is 1. The molecule has 0 aliphatic carbocycles. The van der Waals surface area contributed by atoms with Crippen molar-refractivity contribution in [2.45, 2.75) is 31.6 Å². The minimum Gasteiger partial charge on any atom is -0.495 e. The molecule has 0 bridgehead atoms. The lowest BCUT2D eigenvalue weighted by molar-refractivity contribution is -0.121. The fourth-order valence-electron chi connectivity index (χ4n) is 3.10. The number of anilines is 2. The molecule has 27 heavy (non-hydrogen) atoms. The summed E-state index contributed by atoms with van der Waals surface area (Å²) in [6.45, 7) is 3.75. The Kier molecular flexibility index (Phi) is 4.93. The van der Waals surface area contributed by atoms with E-state index >= 15 is 0 Å². The third-order valence-corrected chi connectivity index (χ3v) is 5.61. The van der Waals surface area contributed by atoms with Gasteiger partial charge in [0.15, 0.2) is 0 Å². The molecule has 0 saturated carbocycles. The van der Waals surface area contributed by atoms with Crippen molar-refractivity contribution < 1.29 is 22.7 Å². The standard InChI is InChI=1S/C19H20N2O5S/c1-12-8-13(2)10-14(9-12)20-27(24,25)15-4-5-17(26-3)16(11-15)21-18(22)6-7-19(21)23/h4-5,8-11,20H,6-7H2,1-3H3. The quantitative estimate of drug-likeness (QED) is 0.795. The first-order valence-corrected chi connectivity index (χ1v) is 9.84. The zero-order chi connectivity index (χ0) is 19.8. The van der Waals surface area contributed by atoms with Crippen molar-refractivity contribution in [1.29, 1.82) is 0 Å². The highest BCUT2D eigenvalue weighted by molar-refractivity contribution is 7.92. The third kappa shape index (κ3) is 3.80. The molecule has 8 heteroatoms. The van der Waals surface area contributed by atoms with Crippen LogP contribution in [0.3, 0.4) is 0 Å². The van der Waals surface area contributed by atoms with E-state index in [0.29, 0.717) is 5.69 Å². The summed E-state index contributed by atoms with van der Waals surface area (Å²) >= 11 is 0. The minimum atomic E-state index is -3.91. The zero-order valence-corrected chi connectivity index (χ0v) is 16.1. The van der Waals surface area contributed by atoms with Gasteiger partial charge in [-0.2, -0.15) is 0 Å². The van der Waals surface area contributed by atoms with Crippen molar-refractivity contribution in [3.8, 4) is 5.75 Å². The number of imide groups is 1. The van der Waals surface area contributed by atoms with E-state index in [-0.39, 0.29) is 41.0 Å². The highest BCUT2D eigenvalue weighted by Gasteiger charge is 2.33. The lowest BCUT2D eigenvalue weighted by Gasteiger charge is -2.19. The molecular formula is C19H20N2O5S. The molecule has 0 radical (unpaired) electrons. The van der Waals surface area contributed by atoms with Gasteiger partial charge in [-0.1, -0.05) is 6.07 Å². The van der Waals surface area contributed by atoms with Crippen molar-refractivity contribution in [2.24, 2.45) is 0 Å². The molecule has 142 valence electrons. The number of aryl methyl sites for hydroxylation is 2. The summed E-state index contributed by atoms with van der Waals surface area (Å²) in [5, 5.41) is 0. The number of sulfonamides is 1. The van der Waals surface area contributed by atoms with E-state index < -0.39 is 10.0 Å². The van der Waals surface area contributed by atoms with Crippen molar-refractivity contribution in [3.63, 3.8) is 0 Å². The molecule has 7 nitrogen and oxygen atoms in total. The maximum absolute atomic E-state index is 12.8. The van der Waals surface area contributed by atoms with Gasteiger partial charge in [-0.25, -0.2) is 13.3 Å². The summed E-state index contributed by atoms with van der Waals surface area (Å²) in [5.74, 6) is -0.505. The van der Waals surface area contributed by atoms with Gasteiger partial charge >= 0.3 is 0 Å². The first kappa shape index (κ1) is 18.9. The van der Waals surface area contributed by atoms with Gasteiger partial charge in [-0.15, -0.1) is 0 Å². The van der Waals surface area contributed by atoms with Crippen LogP contribution in [0.4, 0.5) is 11.4 Å². The molecule has 1 fully saturated rings. The second-order valence-electron chi connectivity index (χ2n) is 6.44. The number of hydrogen-bond acceptors (Lipinski definition) is 5. The van der Waals surface area contributed by atoms with Crippen LogP contribution < -0.4 is 14.4 Å². The Morgan fingerprint density at radius 2 is 1.56 bits per heavy atom. The van der Waals surface area contributed by atoms with Crippen LogP contribution in [0.25, 0.3) is 0 Å². The number of amides is 2. The number of methoxy groups -OCH3 is 1. The highest BCUT2D eigenvalue weighted by atomic mass is 32.2. The molecule has 3 rings (SSSR count). The lowest BCUT2D eigenvalue weighted by Crippen LogP contribution is -2.29. The maximum atomic E-state index is 12.8. The molecule has 1 aliphatic heterocycles. The first-order valence-electron chi connectivity index (χ1n) is 8.36. The van der Waals surface area contributed by atoms with Crippen LogP contribution in [0.15, 0.2) is 41.3 Å². The largest absolute Gasteiger partial charge is 0.495 e. The van der Waals surface area contributed by atoms with E-state index in [4.69, 9.17) is 4.74 Å². The molecule has 1 saturated heterocycles. The fraction of sp³-hybridized carbons (Fsp3) is 0.263. The predicted octanol–water partition coefficient (Wildman–Crippen LogP) is 2.77. The molecule has 0 aromatic heterocycles. The zero-order valence-electron chi connectivity index (χ0n) is 15.3. The molecule has 0 spiro atoms. The Hall–Kier alpha value is -2.87. The van der Waals surface area contributed by atoms with Crippen LogP contribution in [0.1, 0.15) is 24.0 Å². The van der Waals surface area contributed by atoms with E-state index in [2.05, 4.69) is 4.72 Å². The predicted molar refractivity (Wildman–Crippen MR) is 101 cm³/mol. The SMILES string of the molecule is COc1ccc(S(=O)(=O)Nc2cc(C)cc(C)c2)cc1N1C(=O)CCC1=O. The van der Waals surface area contributed by atoms with Gasteiger partial charge in [0, 0.05) is 18.5 Å². The molecule has 0 unspecified atom stereocenters. The highest BCUT2D eigenvalue weighted by Crippen LogP contribution is 2.34. The summed E-state index contributed by atoms with van der Waals surface area (Å²) in [4.78, 5) is 25.0. The van der Waals surface area contributed by atoms with E-state index in [0.717, 1.165) is 16.0 Å². The number of nitrogens with one attached hydrogen (secondary N) is 1. The molecule has 2 aromatic rings. The minimum absolute atomic E-state index is 0.0649. The average molecular weight is 388 g/mol. The van der Waals surface area contributed by atoms with Crippen LogP contribution >= 0.6 is 0 Å². The Morgan fingerprint density at radius 3 is 2.11 bits per heavy atom. The van der Waals surface area contributed by atoms with E-state index in [1.54, 1.807) is 12.1 Å². The van der Waals surface area contributed by atoms with Crippen molar-refractivity contribution in [3.05, 3.63) is 47.5 Å². The van der Waals surface area contributed by atoms with Crippen LogP contribution in [0.5, 0.6) is 5.75 Å². The van der Waals surface area contributed by atoms with Gasteiger partial charge < -0.3 is 4.74 Å². The average Bonchev–Trinajstić information content (AvgIpc) is 2.91. The Labute approximate surface area is 158 Å². The molecular weight excluding hydrogens is 368 g/mol. The molecule has 0 atom stereocenters. The summed E-state index contributed by atoms with van der Waals surface area (Å²) in [6, 6.07) is 9.48. The molecule has 1 aliphatic rings. The topological polar surface area (TPSA) is 92.8 Å². The molecule has 1 N–H and O–H groups in total. The van der Waals surface area contributed by atoms with E-state index in [9.17, 15) is 18.0 Å². The van der Waals surface area contributed by atoms with Crippen molar-refractivity contribution >= 4 is 33.2 Å². The van der Waals surface area contributed by atoms with Crippen molar-refractivity contribution in [1.82, 2.24) is 0 Å². The second-order valence-corrected chi connectivity index (χ2v) is 8.12. The molecule has 2 aromatic carbocycles. The van der Waals surface area contributed by atoms with E-state index in [1.807, 2.05) is 19.9 Å². The summed E-state index contributed by atoms with van der Waals surface area (Å²) in [7, 11) is -2.52. The lowest BCUT2D eigenvalue weighted by atomic mass is 10.1. The number of ether oxygens (including phenoxy) is 1. The normalized spacial score (nSPS) is 14.6. The van der Waals surface area contributed by atoms with Crippen LogP contribution in [0, 0.1) is 13.8 Å². The summed E-state index contributed by atoms with van der Waals surface area (Å²) in [6.07, 6.45) is 0.194. The van der Waals surface area contributed by atoms with Gasteiger partial charge in [0.05, 0.1) is 17.7 Å². The number of carbonyl (C=O) groups excluding carboxylic acids is 2. The maximum Gasteiger partial charge on any atom is 0.261 e. The van der Waals surface area contributed by atoms with Gasteiger partial charge in [0.25, 0.3) is 10.0 Å². The third-order valence-electron chi connectivity index (χ3n) is 4.23. The van der Waals surface area contributed by atoms with Crippen LogP contribution in [-0.2, 0) is 19.6 Å². The fourth-order valence-corrected chi connectivity index (χ4v) is 4.16. The summed E-state index contributed by atoms with van der Waals surface area (Å²) < 4.78 is 33.4. The number of carbonyl (C=O) groups is 2. The van der Waals surface area contributed by atoms with Gasteiger partial charge in [-0.3, -0.25) is 14.3 Å². The van der Waals surface area contributed by atoms with E-state index in [1.165, 1.54) is 25.3 Å².